The van der Waals surface area contributed by atoms with Crippen LogP contribution in [0.5, 0.6) is 11.5 Å². The molecular formula is C27H24N2O5S. The highest BCUT2D eigenvalue weighted by molar-refractivity contribution is 7.92. The van der Waals surface area contributed by atoms with Crippen LogP contribution >= 0.6 is 0 Å². The fraction of sp³-hybridized carbons (Fsp3) is 0.0741. The number of amides is 1. The fourth-order valence-corrected chi connectivity index (χ4v) is 4.63. The molecule has 35 heavy (non-hydrogen) atoms. The highest BCUT2D eigenvalue weighted by Crippen LogP contribution is 2.28. The molecule has 0 aliphatic rings. The largest absolute Gasteiger partial charge is 0.493 e. The number of methoxy groups -OCH3 is 2. The van der Waals surface area contributed by atoms with Crippen LogP contribution in [0.3, 0.4) is 0 Å². The van der Waals surface area contributed by atoms with E-state index in [-0.39, 0.29) is 10.8 Å². The maximum absolute atomic E-state index is 12.9. The van der Waals surface area contributed by atoms with Gasteiger partial charge in [-0.05, 0) is 59.5 Å². The Bertz CT molecular complexity index is 1490. The van der Waals surface area contributed by atoms with Crippen LogP contribution in [0, 0.1) is 0 Å². The van der Waals surface area contributed by atoms with Crippen LogP contribution in [0.4, 0.5) is 11.4 Å². The number of carbonyl (C=O) groups is 1. The van der Waals surface area contributed by atoms with Gasteiger partial charge in [-0.15, -0.1) is 0 Å². The number of hydrogen-bond acceptors (Lipinski definition) is 5. The van der Waals surface area contributed by atoms with Crippen LogP contribution in [-0.4, -0.2) is 28.5 Å². The van der Waals surface area contributed by atoms with Crippen molar-refractivity contribution in [2.24, 2.45) is 0 Å². The first-order valence-corrected chi connectivity index (χ1v) is 12.2. The summed E-state index contributed by atoms with van der Waals surface area (Å²) < 4.78 is 38.9. The first-order valence-electron chi connectivity index (χ1n) is 10.7. The van der Waals surface area contributed by atoms with Gasteiger partial charge in [0.25, 0.3) is 10.0 Å². The molecule has 0 fully saturated rings. The minimum atomic E-state index is -3.81. The zero-order valence-electron chi connectivity index (χ0n) is 19.2. The molecule has 0 radical (unpaired) electrons. The Labute approximate surface area is 204 Å². The molecule has 178 valence electrons. The molecule has 4 aromatic rings. The smallest absolute Gasteiger partial charge is 0.261 e. The van der Waals surface area contributed by atoms with Crippen molar-refractivity contribution in [3.05, 3.63) is 96.6 Å². The summed E-state index contributed by atoms with van der Waals surface area (Å²) in [7, 11) is -0.714. The summed E-state index contributed by atoms with van der Waals surface area (Å²) in [6.45, 7) is 0. The van der Waals surface area contributed by atoms with Crippen molar-refractivity contribution in [2.45, 2.75) is 4.90 Å². The molecule has 1 amide bonds. The van der Waals surface area contributed by atoms with Gasteiger partial charge < -0.3 is 14.8 Å². The Morgan fingerprint density at radius 3 is 2.29 bits per heavy atom. The molecule has 4 rings (SSSR count). The van der Waals surface area contributed by atoms with Gasteiger partial charge in [0.1, 0.15) is 0 Å². The predicted molar refractivity (Wildman–Crippen MR) is 138 cm³/mol. The molecule has 0 aliphatic carbocycles. The van der Waals surface area contributed by atoms with E-state index in [1.807, 2.05) is 30.3 Å². The monoisotopic (exact) mass is 488 g/mol. The van der Waals surface area contributed by atoms with Gasteiger partial charge in [-0.25, -0.2) is 8.42 Å². The second kappa shape index (κ2) is 10.3. The van der Waals surface area contributed by atoms with Crippen LogP contribution < -0.4 is 19.5 Å². The number of rotatable bonds is 8. The molecule has 2 N–H and O–H groups in total. The van der Waals surface area contributed by atoms with E-state index >= 15 is 0 Å². The molecule has 0 unspecified atom stereocenters. The van der Waals surface area contributed by atoms with Gasteiger partial charge in [-0.1, -0.05) is 42.5 Å². The van der Waals surface area contributed by atoms with E-state index in [2.05, 4.69) is 10.0 Å². The molecule has 0 aromatic heterocycles. The van der Waals surface area contributed by atoms with Gasteiger partial charge in [0.2, 0.25) is 5.91 Å². The lowest BCUT2D eigenvalue weighted by Gasteiger charge is -2.11. The fourth-order valence-electron chi connectivity index (χ4n) is 3.55. The summed E-state index contributed by atoms with van der Waals surface area (Å²) in [5, 5.41) is 4.46. The van der Waals surface area contributed by atoms with Crippen LogP contribution in [-0.2, 0) is 14.8 Å². The molecule has 0 heterocycles. The number of nitrogens with one attached hydrogen (secondary N) is 2. The standard InChI is InChI=1S/C27H24N2O5S/c1-33-25-16-10-19(18-26(25)34-2)11-17-27(30)28-21-12-14-22(15-13-21)35(31,32)29-24-9-5-7-20-6-3-4-8-23(20)24/h3-18,29H,1-2H3,(H,28,30)/b17-11+. The Kier molecular flexibility index (Phi) is 7.03. The third kappa shape index (κ3) is 5.62. The van der Waals surface area contributed by atoms with Crippen LogP contribution in [0.2, 0.25) is 0 Å². The molecule has 0 saturated carbocycles. The Hall–Kier alpha value is -4.30. The van der Waals surface area contributed by atoms with Gasteiger partial charge in [-0.3, -0.25) is 9.52 Å². The third-order valence-corrected chi connectivity index (χ3v) is 6.68. The topological polar surface area (TPSA) is 93.7 Å². The van der Waals surface area contributed by atoms with Crippen LogP contribution in [0.15, 0.2) is 95.9 Å². The van der Waals surface area contributed by atoms with Crippen molar-refractivity contribution in [2.75, 3.05) is 24.3 Å². The quantitative estimate of drug-likeness (QED) is 0.328. The lowest BCUT2D eigenvalue weighted by molar-refractivity contribution is -0.111. The summed E-state index contributed by atoms with van der Waals surface area (Å²) in [5.74, 6) is 0.798. The van der Waals surface area contributed by atoms with Crippen molar-refractivity contribution < 1.29 is 22.7 Å². The molecule has 7 nitrogen and oxygen atoms in total. The SMILES string of the molecule is COc1ccc(/C=C/C(=O)Nc2ccc(S(=O)(=O)Nc3cccc4ccccc34)cc2)cc1OC. The van der Waals surface area contributed by atoms with Gasteiger partial charge in [0.15, 0.2) is 11.5 Å². The van der Waals surface area contributed by atoms with Crippen molar-refractivity contribution in [1.82, 2.24) is 0 Å². The number of ether oxygens (including phenoxy) is 2. The molecule has 8 heteroatoms. The van der Waals surface area contributed by atoms with Crippen molar-refractivity contribution in [3.63, 3.8) is 0 Å². The number of sulfonamides is 1. The van der Waals surface area contributed by atoms with Gasteiger partial charge in [0.05, 0.1) is 24.8 Å². The van der Waals surface area contributed by atoms with Gasteiger partial charge >= 0.3 is 0 Å². The minimum Gasteiger partial charge on any atom is -0.493 e. The number of anilines is 2. The van der Waals surface area contributed by atoms with E-state index in [0.29, 0.717) is 22.9 Å². The summed E-state index contributed by atoms with van der Waals surface area (Å²) >= 11 is 0. The van der Waals surface area contributed by atoms with Gasteiger partial charge in [0, 0.05) is 17.1 Å². The number of hydrogen-bond donors (Lipinski definition) is 2. The third-order valence-electron chi connectivity index (χ3n) is 5.30. The van der Waals surface area contributed by atoms with E-state index < -0.39 is 10.0 Å². The summed E-state index contributed by atoms with van der Waals surface area (Å²) in [6.07, 6.45) is 3.03. The number of benzene rings is 4. The summed E-state index contributed by atoms with van der Waals surface area (Å²) in [6, 6.07) is 24.3. The maximum Gasteiger partial charge on any atom is 0.261 e. The average Bonchev–Trinajstić information content (AvgIpc) is 2.87. The zero-order valence-corrected chi connectivity index (χ0v) is 20.0. The molecule has 0 aliphatic heterocycles. The Balaban J connectivity index is 1.43. The Morgan fingerprint density at radius 2 is 1.54 bits per heavy atom. The first kappa shape index (κ1) is 23.8. The minimum absolute atomic E-state index is 0.0873. The van der Waals surface area contributed by atoms with Crippen LogP contribution in [0.25, 0.3) is 16.8 Å². The van der Waals surface area contributed by atoms with E-state index in [4.69, 9.17) is 9.47 Å². The van der Waals surface area contributed by atoms with Crippen LogP contribution in [0.1, 0.15) is 5.56 Å². The second-order valence-electron chi connectivity index (χ2n) is 7.59. The predicted octanol–water partition coefficient (Wildman–Crippen LogP) is 5.31. The van der Waals surface area contributed by atoms with Crippen molar-refractivity contribution >= 4 is 44.2 Å². The lowest BCUT2D eigenvalue weighted by atomic mass is 10.1. The summed E-state index contributed by atoms with van der Waals surface area (Å²) in [5.41, 5.74) is 1.73. The van der Waals surface area contributed by atoms with E-state index in [0.717, 1.165) is 16.3 Å². The molecule has 0 saturated heterocycles. The summed E-state index contributed by atoms with van der Waals surface area (Å²) in [4.78, 5) is 12.4. The lowest BCUT2D eigenvalue weighted by Crippen LogP contribution is -2.13. The van der Waals surface area contributed by atoms with Crippen molar-refractivity contribution in [1.29, 1.82) is 0 Å². The average molecular weight is 489 g/mol. The van der Waals surface area contributed by atoms with Gasteiger partial charge in [-0.2, -0.15) is 0 Å². The molecule has 0 bridgehead atoms. The molecular weight excluding hydrogens is 464 g/mol. The molecule has 0 atom stereocenters. The molecule has 4 aromatic carbocycles. The zero-order chi connectivity index (χ0) is 24.8. The van der Waals surface area contributed by atoms with E-state index in [1.165, 1.54) is 18.2 Å². The maximum atomic E-state index is 12.9. The van der Waals surface area contributed by atoms with E-state index in [1.54, 1.807) is 62.8 Å². The van der Waals surface area contributed by atoms with Crippen molar-refractivity contribution in [3.8, 4) is 11.5 Å². The Morgan fingerprint density at radius 1 is 0.829 bits per heavy atom. The first-order chi connectivity index (χ1) is 16.9. The highest BCUT2D eigenvalue weighted by atomic mass is 32.2. The molecule has 0 spiro atoms. The second-order valence-corrected chi connectivity index (χ2v) is 9.28. The number of fused-ring (bicyclic) bond motifs is 1. The normalized spacial score (nSPS) is 11.4. The number of carbonyl (C=O) groups excluding carboxylic acids is 1. The van der Waals surface area contributed by atoms with E-state index in [9.17, 15) is 13.2 Å². The highest BCUT2D eigenvalue weighted by Gasteiger charge is 2.15.